The molecule has 6 heteroatoms. The molecule has 0 atom stereocenters. The first-order chi connectivity index (χ1) is 11.2. The van der Waals surface area contributed by atoms with Crippen molar-refractivity contribution in [3.05, 3.63) is 46.5 Å². The van der Waals surface area contributed by atoms with E-state index in [-0.39, 0.29) is 11.7 Å². The third-order valence-electron chi connectivity index (χ3n) is 3.62. The Morgan fingerprint density at radius 3 is 2.42 bits per heavy atom. The highest BCUT2D eigenvalue weighted by molar-refractivity contribution is 8.04. The summed E-state index contributed by atoms with van der Waals surface area (Å²) in [6, 6.07) is 6.90. The number of amides is 1. The van der Waals surface area contributed by atoms with Crippen LogP contribution in [-0.4, -0.2) is 35.4 Å². The number of nitrogens with zero attached hydrogens (tertiary/aromatic N) is 1. The highest BCUT2D eigenvalue weighted by Crippen LogP contribution is 2.31. The molecule has 0 spiro atoms. The van der Waals surface area contributed by atoms with Gasteiger partial charge in [0.25, 0.3) is 0 Å². The summed E-state index contributed by atoms with van der Waals surface area (Å²) in [4.78, 5) is 37.4. The number of allylic oxidation sites excluding steroid dienone is 1. The number of methoxy groups -OCH3 is 1. The molecule has 1 amide bonds. The van der Waals surface area contributed by atoms with E-state index in [9.17, 15) is 14.4 Å². The quantitative estimate of drug-likeness (QED) is 0.619. The number of carbonyl (C=O) groups is 3. The van der Waals surface area contributed by atoms with Crippen LogP contribution in [0.2, 0.25) is 0 Å². The topological polar surface area (TPSA) is 63.7 Å². The van der Waals surface area contributed by atoms with Gasteiger partial charge in [-0.1, -0.05) is 44.7 Å². The molecule has 0 unspecified atom stereocenters. The average molecular weight is 347 g/mol. The zero-order valence-corrected chi connectivity index (χ0v) is 15.1. The maximum atomic E-state index is 12.2. The lowest BCUT2D eigenvalue weighted by Gasteiger charge is -2.19. The van der Waals surface area contributed by atoms with Gasteiger partial charge in [-0.3, -0.25) is 9.59 Å². The molecule has 2 rings (SSSR count). The number of ketones is 1. The van der Waals surface area contributed by atoms with Crippen LogP contribution in [-0.2, 0) is 20.9 Å². The summed E-state index contributed by atoms with van der Waals surface area (Å²) < 4.78 is 4.67. The largest absolute Gasteiger partial charge is 0.465 e. The molecule has 0 N–H and O–H groups in total. The van der Waals surface area contributed by atoms with E-state index in [2.05, 4.69) is 4.74 Å². The second-order valence-corrected chi connectivity index (χ2v) is 7.55. The number of hydrogen-bond acceptors (Lipinski definition) is 5. The van der Waals surface area contributed by atoms with Gasteiger partial charge in [0.15, 0.2) is 5.78 Å². The van der Waals surface area contributed by atoms with Gasteiger partial charge in [0.05, 0.1) is 30.0 Å². The zero-order chi connectivity index (χ0) is 17.9. The van der Waals surface area contributed by atoms with Crippen LogP contribution in [0.4, 0.5) is 0 Å². The predicted molar refractivity (Wildman–Crippen MR) is 93.3 cm³/mol. The van der Waals surface area contributed by atoms with Gasteiger partial charge >= 0.3 is 5.97 Å². The van der Waals surface area contributed by atoms with Gasteiger partial charge in [0, 0.05) is 11.5 Å². The van der Waals surface area contributed by atoms with Crippen molar-refractivity contribution in [3.63, 3.8) is 0 Å². The lowest BCUT2D eigenvalue weighted by atomic mass is 9.91. The van der Waals surface area contributed by atoms with E-state index >= 15 is 0 Å². The summed E-state index contributed by atoms with van der Waals surface area (Å²) in [6.07, 6.45) is 1.55. The van der Waals surface area contributed by atoms with Crippen LogP contribution in [0.3, 0.4) is 0 Å². The van der Waals surface area contributed by atoms with Crippen molar-refractivity contribution >= 4 is 29.4 Å². The van der Waals surface area contributed by atoms with Gasteiger partial charge in [0.1, 0.15) is 0 Å². The molecule has 5 nitrogen and oxygen atoms in total. The van der Waals surface area contributed by atoms with Crippen LogP contribution < -0.4 is 0 Å². The molecule has 24 heavy (non-hydrogen) atoms. The van der Waals surface area contributed by atoms with E-state index in [1.54, 1.807) is 35.2 Å². The Labute approximate surface area is 146 Å². The summed E-state index contributed by atoms with van der Waals surface area (Å²) in [6.45, 7) is 5.92. The number of hydrogen-bond donors (Lipinski definition) is 0. The minimum absolute atomic E-state index is 0.00857. The standard InChI is InChI=1S/C18H21NO4S/c1-18(2,3)14(20)9-16-19(15(21)11-24-16)10-12-5-7-13(8-6-12)17(22)23-4/h5-9H,10-11H2,1-4H3/b16-9-. The smallest absolute Gasteiger partial charge is 0.337 e. The Bertz CT molecular complexity index is 686. The maximum Gasteiger partial charge on any atom is 0.337 e. The zero-order valence-electron chi connectivity index (χ0n) is 14.3. The highest BCUT2D eigenvalue weighted by atomic mass is 32.2. The van der Waals surface area contributed by atoms with Gasteiger partial charge in [-0.2, -0.15) is 0 Å². The van der Waals surface area contributed by atoms with Gasteiger partial charge in [-0.15, -0.1) is 0 Å². The lowest BCUT2D eigenvalue weighted by Crippen LogP contribution is -2.25. The number of thioether (sulfide) groups is 1. The van der Waals surface area contributed by atoms with E-state index in [0.29, 0.717) is 22.9 Å². The summed E-state index contributed by atoms with van der Waals surface area (Å²) >= 11 is 1.38. The molecule has 1 aliphatic heterocycles. The van der Waals surface area contributed by atoms with Crippen molar-refractivity contribution in [3.8, 4) is 0 Å². The number of rotatable bonds is 4. The van der Waals surface area contributed by atoms with Crippen molar-refractivity contribution < 1.29 is 19.1 Å². The van der Waals surface area contributed by atoms with Gasteiger partial charge in [-0.25, -0.2) is 4.79 Å². The third kappa shape index (κ3) is 4.26. The van der Waals surface area contributed by atoms with Crippen LogP contribution >= 0.6 is 11.8 Å². The summed E-state index contributed by atoms with van der Waals surface area (Å²) in [7, 11) is 1.33. The van der Waals surface area contributed by atoms with Crippen LogP contribution in [0, 0.1) is 5.41 Å². The molecule has 1 aromatic carbocycles. The Kier molecular flexibility index (Phi) is 5.49. The van der Waals surface area contributed by atoms with Crippen molar-refractivity contribution in [2.75, 3.05) is 12.9 Å². The molecule has 1 aromatic rings. The van der Waals surface area contributed by atoms with Crippen LogP contribution in [0.25, 0.3) is 0 Å². The molecule has 1 saturated heterocycles. The molecule has 128 valence electrons. The number of carbonyl (C=O) groups excluding carboxylic acids is 3. The first-order valence-corrected chi connectivity index (χ1v) is 8.57. The molecule has 0 saturated carbocycles. The molecular formula is C18H21NO4S. The number of ether oxygens (including phenoxy) is 1. The Morgan fingerprint density at radius 2 is 1.88 bits per heavy atom. The minimum Gasteiger partial charge on any atom is -0.465 e. The SMILES string of the molecule is COC(=O)c1ccc(CN2C(=O)CS/C2=C\C(=O)C(C)(C)C)cc1. The molecule has 0 bridgehead atoms. The Balaban J connectivity index is 2.17. The highest BCUT2D eigenvalue weighted by Gasteiger charge is 2.29. The monoisotopic (exact) mass is 347 g/mol. The van der Waals surface area contributed by atoms with E-state index in [4.69, 9.17) is 0 Å². The fourth-order valence-corrected chi connectivity index (χ4v) is 3.02. The molecule has 1 aliphatic rings. The summed E-state index contributed by atoms with van der Waals surface area (Å²) in [5.74, 6) is -0.0924. The van der Waals surface area contributed by atoms with Crippen molar-refractivity contribution in [1.29, 1.82) is 0 Å². The third-order valence-corrected chi connectivity index (χ3v) is 4.65. The lowest BCUT2D eigenvalue weighted by molar-refractivity contribution is -0.125. The van der Waals surface area contributed by atoms with Crippen LogP contribution in [0.15, 0.2) is 35.4 Å². The van der Waals surface area contributed by atoms with Crippen molar-refractivity contribution in [2.24, 2.45) is 5.41 Å². The van der Waals surface area contributed by atoms with E-state index < -0.39 is 11.4 Å². The molecule has 1 fully saturated rings. The first kappa shape index (κ1) is 18.3. The van der Waals surface area contributed by atoms with Gasteiger partial charge < -0.3 is 9.64 Å². The van der Waals surface area contributed by atoms with E-state index in [1.807, 2.05) is 20.8 Å². The molecule has 0 radical (unpaired) electrons. The summed E-state index contributed by atoms with van der Waals surface area (Å²) in [5, 5.41) is 0.678. The van der Waals surface area contributed by atoms with Crippen LogP contribution in [0.5, 0.6) is 0 Å². The van der Waals surface area contributed by atoms with Crippen molar-refractivity contribution in [1.82, 2.24) is 4.90 Å². The Morgan fingerprint density at radius 1 is 1.25 bits per heavy atom. The first-order valence-electron chi connectivity index (χ1n) is 7.59. The second-order valence-electron chi connectivity index (χ2n) is 6.55. The van der Waals surface area contributed by atoms with Gasteiger partial charge in [-0.05, 0) is 17.7 Å². The van der Waals surface area contributed by atoms with E-state index in [1.165, 1.54) is 18.9 Å². The average Bonchev–Trinajstić information content (AvgIpc) is 2.87. The normalized spacial score (nSPS) is 16.6. The fraction of sp³-hybridized carbons (Fsp3) is 0.389. The second kappa shape index (κ2) is 7.21. The minimum atomic E-state index is -0.479. The molecule has 1 heterocycles. The maximum absolute atomic E-state index is 12.2. The number of benzene rings is 1. The van der Waals surface area contributed by atoms with Crippen LogP contribution in [0.1, 0.15) is 36.7 Å². The Hall–Kier alpha value is -2.08. The van der Waals surface area contributed by atoms with E-state index in [0.717, 1.165) is 5.56 Å². The predicted octanol–water partition coefficient (Wildman–Crippen LogP) is 3.01. The van der Waals surface area contributed by atoms with Crippen molar-refractivity contribution in [2.45, 2.75) is 27.3 Å². The fourth-order valence-electron chi connectivity index (χ4n) is 2.08. The molecule has 0 aromatic heterocycles. The number of esters is 1. The molecule has 0 aliphatic carbocycles. The summed E-state index contributed by atoms with van der Waals surface area (Å²) in [5.41, 5.74) is 0.863. The molecular weight excluding hydrogens is 326 g/mol. The van der Waals surface area contributed by atoms with Gasteiger partial charge in [0.2, 0.25) is 5.91 Å².